The molecule has 0 aliphatic rings. The molecular weight excluding hydrogens is 270 g/mol. The molecule has 0 saturated heterocycles. The fourth-order valence-corrected chi connectivity index (χ4v) is 1.76. The quantitative estimate of drug-likeness (QED) is 0.548. The van der Waals surface area contributed by atoms with Crippen molar-refractivity contribution in [1.82, 2.24) is 0 Å². The molecule has 0 spiro atoms. The molecule has 0 aromatic heterocycles. The summed E-state index contributed by atoms with van der Waals surface area (Å²) in [5.74, 6) is 0. The summed E-state index contributed by atoms with van der Waals surface area (Å²) in [5.41, 5.74) is 0. The monoisotopic (exact) mass is 294 g/mol. The van der Waals surface area contributed by atoms with Crippen LogP contribution in [0, 0.1) is 0 Å². The van der Waals surface area contributed by atoms with Gasteiger partial charge in [0.05, 0.1) is 13.2 Å². The van der Waals surface area contributed by atoms with Crippen LogP contribution in [-0.4, -0.2) is 45.1 Å². The third-order valence-electron chi connectivity index (χ3n) is 1.88. The van der Waals surface area contributed by atoms with Gasteiger partial charge in [-0.2, -0.15) is 0 Å². The molecular formula is C8H24O7P2. The molecule has 0 radical (unpaired) electrons. The van der Waals surface area contributed by atoms with Crippen LogP contribution in [-0.2, 0) is 13.6 Å². The Hall–Kier alpha value is 0.420. The summed E-state index contributed by atoms with van der Waals surface area (Å²) in [5, 5.41) is 0. The van der Waals surface area contributed by atoms with Crippen LogP contribution in [0.2, 0.25) is 0 Å². The first-order valence-corrected chi connectivity index (χ1v) is 9.35. The van der Waals surface area contributed by atoms with Gasteiger partial charge >= 0.3 is 56.0 Å². The predicted molar refractivity (Wildman–Crippen MR) is 67.7 cm³/mol. The van der Waals surface area contributed by atoms with Gasteiger partial charge in [0.25, 0.3) is 0 Å². The molecule has 0 atom stereocenters. The maximum absolute atomic E-state index is 10.5. The van der Waals surface area contributed by atoms with E-state index in [0.29, 0.717) is 0 Å². The molecule has 0 saturated carbocycles. The molecule has 0 bridgehead atoms. The van der Waals surface area contributed by atoms with E-state index in [1.165, 1.54) is 0 Å². The summed E-state index contributed by atoms with van der Waals surface area (Å²) in [6, 6.07) is 0. The normalized spacial score (nSPS) is 14.5. The van der Waals surface area contributed by atoms with Crippen molar-refractivity contribution in [3.63, 3.8) is 0 Å². The summed E-state index contributed by atoms with van der Waals surface area (Å²) in [4.78, 5) is 35.1. The molecule has 108 valence electrons. The number of phosphoric ester groups is 1. The van der Waals surface area contributed by atoms with E-state index in [1.807, 2.05) is 0 Å². The molecule has 0 amide bonds. The second-order valence-electron chi connectivity index (χ2n) is 3.28. The van der Waals surface area contributed by atoms with Gasteiger partial charge in [-0.15, -0.1) is 0 Å². The van der Waals surface area contributed by atoms with E-state index in [2.05, 4.69) is 9.05 Å². The van der Waals surface area contributed by atoms with Gasteiger partial charge < -0.3 is 4.89 Å². The zero-order valence-corrected chi connectivity index (χ0v) is 12.5. The van der Waals surface area contributed by atoms with Gasteiger partial charge in [0, 0.05) is 0 Å². The first-order valence-electron chi connectivity index (χ1n) is 5.39. The molecule has 9 heteroatoms. The molecule has 0 aliphatic heterocycles. The minimum atomic E-state index is -4.10. The van der Waals surface area contributed by atoms with E-state index in [-0.39, 0.29) is 25.5 Å². The third kappa shape index (κ3) is 12.7. The van der Waals surface area contributed by atoms with E-state index in [9.17, 15) is 4.57 Å². The summed E-state index contributed by atoms with van der Waals surface area (Å²) < 4.78 is 19.2. The first-order chi connectivity index (χ1) is 7.51. The Kier molecular flexibility index (Phi) is 9.03. The molecule has 0 unspecified atom stereocenters. The van der Waals surface area contributed by atoms with Crippen molar-refractivity contribution >= 4 is 15.1 Å². The number of hydrogen-bond donors (Lipinski definition) is 4. The van der Waals surface area contributed by atoms with Crippen LogP contribution in [0.15, 0.2) is 0 Å². The van der Waals surface area contributed by atoms with E-state index in [4.69, 9.17) is 19.6 Å². The van der Waals surface area contributed by atoms with Crippen LogP contribution < -0.4 is 0 Å². The van der Waals surface area contributed by atoms with Crippen molar-refractivity contribution < 1.29 is 33.2 Å². The molecule has 17 heavy (non-hydrogen) atoms. The second-order valence-corrected chi connectivity index (χ2v) is 8.68. The molecule has 7 nitrogen and oxygen atoms in total. The Morgan fingerprint density at radius 3 is 1.35 bits per heavy atom. The summed E-state index contributed by atoms with van der Waals surface area (Å²) in [6.07, 6.45) is 0.115. The van der Waals surface area contributed by atoms with Gasteiger partial charge in [0.1, 0.15) is 0 Å². The third-order valence-corrected chi connectivity index (χ3v) is 5.64. The van der Waals surface area contributed by atoms with Gasteiger partial charge in [0.15, 0.2) is 0 Å². The van der Waals surface area contributed by atoms with Gasteiger partial charge in [-0.1, -0.05) is 0 Å². The molecule has 4 N–H and O–H groups in total. The van der Waals surface area contributed by atoms with Crippen LogP contribution >= 0.6 is 15.1 Å². The molecule has 0 aliphatic carbocycles. The number of hydrogen-bond acceptors (Lipinski definition) is 6. The van der Waals surface area contributed by atoms with Crippen LogP contribution in [0.3, 0.4) is 0 Å². The Morgan fingerprint density at radius 2 is 1.24 bits per heavy atom. The summed E-state index contributed by atoms with van der Waals surface area (Å²) in [6.45, 7) is 6.74. The topological polar surface area (TPSA) is 116 Å². The Bertz CT molecular complexity index is 230. The SMILES string of the molecule is CCOP(=O)(O)OCC.CCP(O)(O)(O)CC. The first kappa shape index (κ1) is 19.8. The van der Waals surface area contributed by atoms with E-state index < -0.39 is 15.1 Å². The van der Waals surface area contributed by atoms with Crippen molar-refractivity contribution in [1.29, 1.82) is 0 Å². The van der Waals surface area contributed by atoms with Crippen LogP contribution in [0.1, 0.15) is 27.7 Å². The van der Waals surface area contributed by atoms with E-state index in [1.54, 1.807) is 27.7 Å². The number of rotatable bonds is 6. The molecule has 0 aromatic rings. The Labute approximate surface area is 102 Å². The average Bonchev–Trinajstić information content (AvgIpc) is 2.18. The zero-order chi connectivity index (χ0) is 14.2. The Morgan fingerprint density at radius 1 is 0.941 bits per heavy atom. The molecule has 0 rings (SSSR count). The van der Waals surface area contributed by atoms with Gasteiger partial charge in [-0.05, 0) is 13.8 Å². The summed E-state index contributed by atoms with van der Waals surface area (Å²) in [7, 11) is -7.79. The van der Waals surface area contributed by atoms with Crippen molar-refractivity contribution in [2.24, 2.45) is 0 Å². The van der Waals surface area contributed by atoms with Crippen LogP contribution in [0.25, 0.3) is 0 Å². The van der Waals surface area contributed by atoms with Gasteiger partial charge in [-0.3, -0.25) is 9.05 Å². The predicted octanol–water partition coefficient (Wildman–Crippen LogP) is 1.46. The Balaban J connectivity index is 0. The van der Waals surface area contributed by atoms with Crippen LogP contribution in [0.5, 0.6) is 0 Å². The maximum atomic E-state index is 10.5. The van der Waals surface area contributed by atoms with Crippen molar-refractivity contribution in [3.05, 3.63) is 0 Å². The minimum absolute atomic E-state index is 0.0576. The second kappa shape index (κ2) is 7.77. The standard InChI is InChI=1S/C4H11O4P.C4H13O3P/c1-3-7-9(5,6)8-4-2;1-3-8(5,6,7)4-2/h3-4H2,1-2H3,(H,5,6);5-7H,3-4H2,1-2H3. The average molecular weight is 294 g/mol. The zero-order valence-electron chi connectivity index (χ0n) is 10.7. The summed E-state index contributed by atoms with van der Waals surface area (Å²) >= 11 is 0. The van der Waals surface area contributed by atoms with Crippen molar-refractivity contribution in [3.8, 4) is 0 Å². The molecule has 0 aromatic carbocycles. The van der Waals surface area contributed by atoms with Crippen LogP contribution in [0.4, 0.5) is 0 Å². The molecule has 0 fully saturated rings. The fraction of sp³-hybridized carbons (Fsp3) is 1.00. The van der Waals surface area contributed by atoms with E-state index in [0.717, 1.165) is 0 Å². The fourth-order valence-electron chi connectivity index (χ4n) is 0.587. The van der Waals surface area contributed by atoms with Gasteiger partial charge in [0.2, 0.25) is 0 Å². The van der Waals surface area contributed by atoms with Crippen molar-refractivity contribution in [2.75, 3.05) is 25.5 Å². The van der Waals surface area contributed by atoms with E-state index >= 15 is 0 Å². The molecule has 0 heterocycles. The van der Waals surface area contributed by atoms with Crippen molar-refractivity contribution in [2.45, 2.75) is 27.7 Å². The van der Waals surface area contributed by atoms with Gasteiger partial charge in [-0.25, -0.2) is 4.57 Å². The number of phosphoric acid groups is 1.